The first kappa shape index (κ1) is 27.0. The number of hydrogen-bond acceptors (Lipinski definition) is 7. The Bertz CT molecular complexity index is 1590. The van der Waals surface area contributed by atoms with Crippen molar-refractivity contribution >= 4 is 32.5 Å². The van der Waals surface area contributed by atoms with Crippen molar-refractivity contribution in [1.29, 1.82) is 0 Å². The lowest BCUT2D eigenvalue weighted by Gasteiger charge is -2.35. The molecule has 3 aliphatic rings. The van der Waals surface area contributed by atoms with E-state index >= 15 is 0 Å². The van der Waals surface area contributed by atoms with Crippen molar-refractivity contribution in [3.05, 3.63) is 59.2 Å². The van der Waals surface area contributed by atoms with Gasteiger partial charge in [-0.25, -0.2) is 31.7 Å². The van der Waals surface area contributed by atoms with Gasteiger partial charge in [0, 0.05) is 53.5 Å². The summed E-state index contributed by atoms with van der Waals surface area (Å²) in [5.74, 6) is -3.01. The van der Waals surface area contributed by atoms with Gasteiger partial charge in [0.2, 0.25) is 10.0 Å². The number of nitrogens with one attached hydrogen (secondary N) is 2. The van der Waals surface area contributed by atoms with Gasteiger partial charge in [0.25, 0.3) is 5.92 Å². The van der Waals surface area contributed by atoms with Gasteiger partial charge in [-0.2, -0.15) is 0 Å². The zero-order chi connectivity index (χ0) is 28.4. The standard InChI is InChI=1S/C29H32F2N4O4S/c1-28(2,3)39-27(36)24-7-6-19(15-33-24)34-20-9-17-8-18-14-32-25(16-4-5-16)11-23(18)26(22(17)10-20)40(37,38)35-21-12-29(30,31)13-21/h6-8,11,14-16,20-21,34-35H,4-5,9-10,12-13H2,1-3H3/t20-/m1/s1. The van der Waals surface area contributed by atoms with Crippen LogP contribution in [0.3, 0.4) is 0 Å². The Morgan fingerprint density at radius 3 is 2.42 bits per heavy atom. The lowest BCUT2D eigenvalue weighted by molar-refractivity contribution is -0.0876. The minimum atomic E-state index is -4.07. The molecule has 6 rings (SSSR count). The fourth-order valence-corrected chi connectivity index (χ4v) is 7.30. The monoisotopic (exact) mass is 570 g/mol. The number of esters is 1. The molecule has 0 saturated heterocycles. The van der Waals surface area contributed by atoms with E-state index in [1.54, 1.807) is 45.3 Å². The molecule has 3 aromatic rings. The molecule has 212 valence electrons. The molecule has 11 heteroatoms. The number of halogens is 2. The van der Waals surface area contributed by atoms with Crippen LogP contribution in [-0.4, -0.2) is 48.0 Å². The molecule has 0 spiro atoms. The number of ether oxygens (including phenoxy) is 1. The summed E-state index contributed by atoms with van der Waals surface area (Å²) in [6.07, 6.45) is 5.32. The number of rotatable bonds is 7. The number of pyridine rings is 2. The van der Waals surface area contributed by atoms with Gasteiger partial charge in [-0.3, -0.25) is 4.98 Å². The minimum Gasteiger partial charge on any atom is -0.455 e. The average Bonchev–Trinajstić information content (AvgIpc) is 3.60. The molecule has 0 amide bonds. The Hall–Kier alpha value is -3.18. The maximum atomic E-state index is 13.7. The van der Waals surface area contributed by atoms with Crippen molar-refractivity contribution in [2.24, 2.45) is 0 Å². The van der Waals surface area contributed by atoms with Crippen LogP contribution in [0.25, 0.3) is 10.8 Å². The summed E-state index contributed by atoms with van der Waals surface area (Å²) in [6, 6.07) is 6.26. The molecule has 2 saturated carbocycles. The lowest BCUT2D eigenvalue weighted by Crippen LogP contribution is -2.50. The molecular weight excluding hydrogens is 538 g/mol. The van der Waals surface area contributed by atoms with Crippen molar-refractivity contribution in [1.82, 2.24) is 14.7 Å². The highest BCUT2D eigenvalue weighted by molar-refractivity contribution is 7.89. The highest BCUT2D eigenvalue weighted by atomic mass is 32.2. The summed E-state index contributed by atoms with van der Waals surface area (Å²) in [4.78, 5) is 21.3. The highest BCUT2D eigenvalue weighted by Gasteiger charge is 2.47. The molecule has 40 heavy (non-hydrogen) atoms. The van der Waals surface area contributed by atoms with Crippen molar-refractivity contribution in [2.75, 3.05) is 5.32 Å². The van der Waals surface area contributed by atoms with Crippen molar-refractivity contribution in [3.63, 3.8) is 0 Å². The summed E-state index contributed by atoms with van der Waals surface area (Å²) in [7, 11) is -4.07. The minimum absolute atomic E-state index is 0.126. The molecule has 2 aromatic heterocycles. The van der Waals surface area contributed by atoms with E-state index in [9.17, 15) is 22.0 Å². The van der Waals surface area contributed by atoms with Crippen molar-refractivity contribution < 1.29 is 26.7 Å². The van der Waals surface area contributed by atoms with Gasteiger partial charge in [0.1, 0.15) is 11.3 Å². The highest BCUT2D eigenvalue weighted by Crippen LogP contribution is 2.43. The molecule has 1 atom stereocenters. The van der Waals surface area contributed by atoms with E-state index in [-0.39, 0.29) is 16.6 Å². The van der Waals surface area contributed by atoms with Crippen LogP contribution in [0.4, 0.5) is 14.5 Å². The van der Waals surface area contributed by atoms with Crippen LogP contribution >= 0.6 is 0 Å². The fraction of sp³-hybridized carbons (Fsp3) is 0.483. The van der Waals surface area contributed by atoms with Gasteiger partial charge in [0.05, 0.1) is 16.8 Å². The Morgan fingerprint density at radius 2 is 1.80 bits per heavy atom. The van der Waals surface area contributed by atoms with E-state index in [0.29, 0.717) is 40.8 Å². The molecule has 2 heterocycles. The quantitative estimate of drug-likeness (QED) is 0.380. The van der Waals surface area contributed by atoms with E-state index in [2.05, 4.69) is 20.0 Å². The van der Waals surface area contributed by atoms with E-state index < -0.39 is 46.4 Å². The Labute approximate surface area is 232 Å². The number of hydrogen-bond donors (Lipinski definition) is 2. The Kier molecular flexibility index (Phi) is 6.38. The fourth-order valence-electron chi connectivity index (χ4n) is 5.57. The summed E-state index contributed by atoms with van der Waals surface area (Å²) in [5.41, 5.74) is 2.69. The third-order valence-corrected chi connectivity index (χ3v) is 9.17. The maximum Gasteiger partial charge on any atom is 0.357 e. The predicted molar refractivity (Wildman–Crippen MR) is 146 cm³/mol. The average molecular weight is 571 g/mol. The zero-order valence-corrected chi connectivity index (χ0v) is 23.4. The number of carbonyl (C=O) groups is 1. The van der Waals surface area contributed by atoms with Crippen molar-refractivity contribution in [2.45, 2.75) is 93.7 Å². The number of nitrogens with zero attached hydrogens (tertiary/aromatic N) is 2. The van der Waals surface area contributed by atoms with Crippen LogP contribution < -0.4 is 10.0 Å². The van der Waals surface area contributed by atoms with Gasteiger partial charge >= 0.3 is 5.97 Å². The van der Waals surface area contributed by atoms with Gasteiger partial charge < -0.3 is 10.1 Å². The molecule has 0 unspecified atom stereocenters. The summed E-state index contributed by atoms with van der Waals surface area (Å²) < 4.78 is 62.4. The molecule has 1 aromatic carbocycles. The Balaban J connectivity index is 1.28. The van der Waals surface area contributed by atoms with Crippen LogP contribution in [0.1, 0.15) is 79.7 Å². The van der Waals surface area contributed by atoms with Crippen LogP contribution in [-0.2, 0) is 27.6 Å². The topological polar surface area (TPSA) is 110 Å². The predicted octanol–water partition coefficient (Wildman–Crippen LogP) is 5.12. The number of alkyl halides is 2. The third kappa shape index (κ3) is 5.54. The van der Waals surface area contributed by atoms with Crippen LogP contribution in [0.2, 0.25) is 0 Å². The Morgan fingerprint density at radius 1 is 1.05 bits per heavy atom. The summed E-state index contributed by atoms with van der Waals surface area (Å²) in [6.45, 7) is 5.36. The largest absolute Gasteiger partial charge is 0.455 e. The lowest BCUT2D eigenvalue weighted by atomic mass is 9.89. The SMILES string of the molecule is CC(C)(C)OC(=O)c1ccc(N[C@@H]2Cc3cc4cnc(C5CC5)cc4c(S(=O)(=O)NC4CC(F)(F)C4)c3C2)cn1. The first-order valence-corrected chi connectivity index (χ1v) is 15.1. The molecule has 0 radical (unpaired) electrons. The smallest absolute Gasteiger partial charge is 0.357 e. The summed E-state index contributed by atoms with van der Waals surface area (Å²) in [5, 5.41) is 4.70. The second-order valence-electron chi connectivity index (χ2n) is 12.2. The van der Waals surface area contributed by atoms with Gasteiger partial charge in [-0.15, -0.1) is 0 Å². The number of sulfonamides is 1. The van der Waals surface area contributed by atoms with Gasteiger partial charge in [-0.1, -0.05) is 0 Å². The third-order valence-electron chi connectivity index (χ3n) is 7.53. The van der Waals surface area contributed by atoms with E-state index in [4.69, 9.17) is 4.74 Å². The first-order chi connectivity index (χ1) is 18.8. The van der Waals surface area contributed by atoms with E-state index in [1.807, 2.05) is 12.1 Å². The second kappa shape index (κ2) is 9.44. The number of fused-ring (bicyclic) bond motifs is 2. The maximum absolute atomic E-state index is 13.7. The van der Waals surface area contributed by atoms with Crippen LogP contribution in [0.15, 0.2) is 41.6 Å². The number of carbonyl (C=O) groups excluding carboxylic acids is 1. The van der Waals surface area contributed by atoms with E-state index in [0.717, 1.165) is 24.1 Å². The molecule has 2 fully saturated rings. The van der Waals surface area contributed by atoms with Gasteiger partial charge in [0.15, 0.2) is 0 Å². The molecule has 0 bridgehead atoms. The normalized spacial score (nSPS) is 20.7. The summed E-state index contributed by atoms with van der Waals surface area (Å²) >= 11 is 0. The van der Waals surface area contributed by atoms with Gasteiger partial charge in [-0.05, 0) is 81.8 Å². The van der Waals surface area contributed by atoms with Crippen LogP contribution in [0, 0.1) is 0 Å². The second-order valence-corrected chi connectivity index (χ2v) is 13.9. The number of anilines is 1. The molecule has 8 nitrogen and oxygen atoms in total. The first-order valence-electron chi connectivity index (χ1n) is 13.6. The number of aromatic nitrogens is 2. The molecule has 0 aliphatic heterocycles. The van der Waals surface area contributed by atoms with E-state index in [1.165, 1.54) is 0 Å². The zero-order valence-electron chi connectivity index (χ0n) is 22.6. The molecule has 3 aliphatic carbocycles. The number of benzene rings is 1. The molecule has 2 N–H and O–H groups in total. The molecular formula is C29H32F2N4O4S. The van der Waals surface area contributed by atoms with Crippen LogP contribution in [0.5, 0.6) is 0 Å². The van der Waals surface area contributed by atoms with Crippen molar-refractivity contribution in [3.8, 4) is 0 Å².